The van der Waals surface area contributed by atoms with Gasteiger partial charge in [-0.15, -0.1) is 12.4 Å². The third-order valence-electron chi connectivity index (χ3n) is 2.27. The molecule has 0 fully saturated rings. The summed E-state index contributed by atoms with van der Waals surface area (Å²) in [5.41, 5.74) is 6.24. The fraction of sp³-hybridized carbons (Fsp3) is 0.400. The Morgan fingerprint density at radius 3 is 2.71 bits per heavy atom. The molecule has 0 saturated carbocycles. The van der Waals surface area contributed by atoms with Crippen molar-refractivity contribution < 1.29 is 14.8 Å². The van der Waals surface area contributed by atoms with Crippen molar-refractivity contribution in [2.75, 3.05) is 13.7 Å². The van der Waals surface area contributed by atoms with Crippen molar-refractivity contribution >= 4 is 18.1 Å². The lowest BCUT2D eigenvalue weighted by atomic mass is 10.0. The van der Waals surface area contributed by atoms with Gasteiger partial charge in [-0.1, -0.05) is 6.07 Å². The number of methoxy groups -OCH3 is 1. The first-order valence-corrected chi connectivity index (χ1v) is 4.79. The summed E-state index contributed by atoms with van der Waals surface area (Å²) in [6.07, 6.45) is 0.365. The molecule has 6 nitrogen and oxygen atoms in total. The first-order valence-electron chi connectivity index (χ1n) is 4.79. The van der Waals surface area contributed by atoms with Crippen LogP contribution in [-0.4, -0.2) is 23.7 Å². The topological polar surface area (TPSA) is 98.6 Å². The second-order valence-corrected chi connectivity index (χ2v) is 3.31. The number of hydrogen-bond donors (Lipinski definition) is 2. The minimum absolute atomic E-state index is 0. The van der Waals surface area contributed by atoms with E-state index in [1.807, 2.05) is 0 Å². The number of nitro groups is 1. The van der Waals surface area contributed by atoms with Gasteiger partial charge in [-0.3, -0.25) is 10.1 Å². The third kappa shape index (κ3) is 3.85. The number of nitrogens with zero attached hydrogens (tertiary/aromatic N) is 1. The van der Waals surface area contributed by atoms with E-state index in [1.165, 1.54) is 19.2 Å². The molecule has 0 amide bonds. The van der Waals surface area contributed by atoms with Gasteiger partial charge >= 0.3 is 5.69 Å². The summed E-state index contributed by atoms with van der Waals surface area (Å²) in [5.74, 6) is 0.199. The molecule has 0 radical (unpaired) electrons. The zero-order valence-electron chi connectivity index (χ0n) is 9.33. The van der Waals surface area contributed by atoms with Crippen molar-refractivity contribution in [3.05, 3.63) is 33.9 Å². The maximum atomic E-state index is 10.7. The lowest BCUT2D eigenvalue weighted by Gasteiger charge is -2.11. The van der Waals surface area contributed by atoms with Crippen LogP contribution in [0.3, 0.4) is 0 Å². The zero-order chi connectivity index (χ0) is 12.1. The molecule has 1 aromatic carbocycles. The van der Waals surface area contributed by atoms with E-state index in [0.29, 0.717) is 12.0 Å². The monoisotopic (exact) mass is 262 g/mol. The Labute approximate surface area is 105 Å². The van der Waals surface area contributed by atoms with Crippen LogP contribution in [0, 0.1) is 10.1 Å². The SMILES string of the molecule is COc1ccc(C(N)CCO)cc1[N+](=O)[O-].Cl. The predicted molar refractivity (Wildman–Crippen MR) is 65.5 cm³/mol. The Hall–Kier alpha value is -1.37. The Bertz CT molecular complexity index is 387. The minimum Gasteiger partial charge on any atom is -0.490 e. The van der Waals surface area contributed by atoms with Crippen molar-refractivity contribution in [1.29, 1.82) is 0 Å². The number of halogens is 1. The van der Waals surface area contributed by atoms with E-state index in [9.17, 15) is 10.1 Å². The number of benzene rings is 1. The maximum Gasteiger partial charge on any atom is 0.311 e. The van der Waals surface area contributed by atoms with Crippen molar-refractivity contribution in [3.8, 4) is 5.75 Å². The molecular formula is C10H15ClN2O4. The number of ether oxygens (including phenoxy) is 1. The molecule has 96 valence electrons. The highest BCUT2D eigenvalue weighted by Gasteiger charge is 2.17. The zero-order valence-corrected chi connectivity index (χ0v) is 10.1. The van der Waals surface area contributed by atoms with Gasteiger partial charge in [0.2, 0.25) is 0 Å². The summed E-state index contributed by atoms with van der Waals surface area (Å²) in [6.45, 7) is -0.0546. The Kier molecular flexibility index (Phi) is 6.48. The quantitative estimate of drug-likeness (QED) is 0.617. The largest absolute Gasteiger partial charge is 0.490 e. The molecule has 0 bridgehead atoms. The molecular weight excluding hydrogens is 248 g/mol. The summed E-state index contributed by atoms with van der Waals surface area (Å²) in [5, 5.41) is 19.5. The van der Waals surface area contributed by atoms with E-state index in [1.54, 1.807) is 6.07 Å². The molecule has 0 aliphatic carbocycles. The second-order valence-electron chi connectivity index (χ2n) is 3.31. The molecule has 0 aliphatic rings. The first kappa shape index (κ1) is 15.6. The van der Waals surface area contributed by atoms with Crippen molar-refractivity contribution in [3.63, 3.8) is 0 Å². The Balaban J connectivity index is 0.00000256. The third-order valence-corrected chi connectivity index (χ3v) is 2.27. The van der Waals surface area contributed by atoms with Crippen LogP contribution < -0.4 is 10.5 Å². The van der Waals surface area contributed by atoms with Crippen LogP contribution in [-0.2, 0) is 0 Å². The van der Waals surface area contributed by atoms with E-state index in [2.05, 4.69) is 0 Å². The average Bonchev–Trinajstić information content (AvgIpc) is 2.28. The molecule has 17 heavy (non-hydrogen) atoms. The van der Waals surface area contributed by atoms with Crippen LogP contribution in [0.2, 0.25) is 0 Å². The number of nitro benzene ring substituents is 1. The number of aliphatic hydroxyl groups excluding tert-OH is 1. The molecule has 0 aliphatic heterocycles. The highest BCUT2D eigenvalue weighted by Crippen LogP contribution is 2.29. The predicted octanol–water partition coefficient (Wildman–Crippen LogP) is 1.41. The smallest absolute Gasteiger partial charge is 0.311 e. The van der Waals surface area contributed by atoms with Gasteiger partial charge in [0.15, 0.2) is 5.75 Å². The number of hydrogen-bond acceptors (Lipinski definition) is 5. The fourth-order valence-electron chi connectivity index (χ4n) is 1.39. The molecule has 0 saturated heterocycles. The van der Waals surface area contributed by atoms with Crippen LogP contribution in [0.15, 0.2) is 18.2 Å². The highest BCUT2D eigenvalue weighted by molar-refractivity contribution is 5.85. The molecule has 1 rings (SSSR count). The van der Waals surface area contributed by atoms with Crippen LogP contribution in [0.1, 0.15) is 18.0 Å². The summed E-state index contributed by atoms with van der Waals surface area (Å²) in [6, 6.07) is 4.13. The van der Waals surface area contributed by atoms with E-state index in [0.717, 1.165) is 0 Å². The first-order chi connectivity index (χ1) is 7.60. The van der Waals surface area contributed by atoms with Gasteiger partial charge < -0.3 is 15.6 Å². The lowest BCUT2D eigenvalue weighted by molar-refractivity contribution is -0.385. The van der Waals surface area contributed by atoms with Gasteiger partial charge in [-0.25, -0.2) is 0 Å². The standard InChI is InChI=1S/C10H14N2O4.ClH/c1-16-10-3-2-7(8(11)4-5-13)6-9(10)12(14)15;/h2-3,6,8,13H,4-5,11H2,1H3;1H. The fourth-order valence-corrected chi connectivity index (χ4v) is 1.39. The van der Waals surface area contributed by atoms with Crippen LogP contribution in [0.4, 0.5) is 5.69 Å². The molecule has 1 atom stereocenters. The highest BCUT2D eigenvalue weighted by atomic mass is 35.5. The van der Waals surface area contributed by atoms with E-state index >= 15 is 0 Å². The molecule has 0 spiro atoms. The van der Waals surface area contributed by atoms with E-state index in [-0.39, 0.29) is 30.5 Å². The summed E-state index contributed by atoms with van der Waals surface area (Å²) in [7, 11) is 1.37. The molecule has 7 heteroatoms. The summed E-state index contributed by atoms with van der Waals surface area (Å²) in [4.78, 5) is 10.2. The minimum atomic E-state index is -0.520. The molecule has 0 aromatic heterocycles. The van der Waals surface area contributed by atoms with Gasteiger partial charge in [-0.05, 0) is 18.1 Å². The summed E-state index contributed by atoms with van der Waals surface area (Å²) < 4.78 is 4.87. The lowest BCUT2D eigenvalue weighted by Crippen LogP contribution is -2.12. The van der Waals surface area contributed by atoms with Gasteiger partial charge in [0.05, 0.1) is 12.0 Å². The normalized spacial score (nSPS) is 11.5. The molecule has 1 unspecified atom stereocenters. The van der Waals surface area contributed by atoms with Gasteiger partial charge in [0.1, 0.15) is 0 Å². The van der Waals surface area contributed by atoms with Crippen LogP contribution in [0.5, 0.6) is 5.75 Å². The van der Waals surface area contributed by atoms with Gasteiger partial charge in [0.25, 0.3) is 0 Å². The average molecular weight is 263 g/mol. The van der Waals surface area contributed by atoms with Crippen LogP contribution >= 0.6 is 12.4 Å². The van der Waals surface area contributed by atoms with E-state index in [4.69, 9.17) is 15.6 Å². The molecule has 3 N–H and O–H groups in total. The maximum absolute atomic E-state index is 10.7. The molecule has 1 aromatic rings. The van der Waals surface area contributed by atoms with Gasteiger partial charge in [0, 0.05) is 18.7 Å². The van der Waals surface area contributed by atoms with Crippen molar-refractivity contribution in [1.82, 2.24) is 0 Å². The second kappa shape index (κ2) is 7.05. The number of nitrogens with two attached hydrogens (primary N) is 1. The van der Waals surface area contributed by atoms with Crippen molar-refractivity contribution in [2.45, 2.75) is 12.5 Å². The molecule has 0 heterocycles. The number of aliphatic hydroxyl groups is 1. The Morgan fingerprint density at radius 2 is 2.24 bits per heavy atom. The Morgan fingerprint density at radius 1 is 1.59 bits per heavy atom. The van der Waals surface area contributed by atoms with Crippen molar-refractivity contribution in [2.24, 2.45) is 5.73 Å². The van der Waals surface area contributed by atoms with E-state index < -0.39 is 11.0 Å². The van der Waals surface area contributed by atoms with Gasteiger partial charge in [-0.2, -0.15) is 0 Å². The summed E-state index contributed by atoms with van der Waals surface area (Å²) >= 11 is 0. The van der Waals surface area contributed by atoms with Crippen LogP contribution in [0.25, 0.3) is 0 Å². The number of rotatable bonds is 5.